The van der Waals surface area contributed by atoms with Crippen LogP contribution in [0.2, 0.25) is 0 Å². The third-order valence-corrected chi connectivity index (χ3v) is 5.40. The Labute approximate surface area is 139 Å². The van der Waals surface area contributed by atoms with Crippen LogP contribution in [0.15, 0.2) is 24.5 Å². The molecule has 4 heteroatoms. The zero-order valence-electron chi connectivity index (χ0n) is 14.0. The number of piperidine rings is 1. The van der Waals surface area contributed by atoms with Gasteiger partial charge in [-0.3, -0.25) is 14.7 Å². The van der Waals surface area contributed by atoms with Crippen LogP contribution in [0.3, 0.4) is 0 Å². The minimum atomic E-state index is 0.288. The van der Waals surface area contributed by atoms with E-state index in [1.165, 1.54) is 37.7 Å². The van der Waals surface area contributed by atoms with E-state index in [-0.39, 0.29) is 5.92 Å². The molecular weight excluding hydrogens is 286 g/mol. The second-order valence-corrected chi connectivity index (χ2v) is 7.16. The van der Waals surface area contributed by atoms with Gasteiger partial charge in [0.15, 0.2) is 0 Å². The zero-order valence-corrected chi connectivity index (χ0v) is 14.0. The maximum absolute atomic E-state index is 12.2. The predicted molar refractivity (Wildman–Crippen MR) is 91.8 cm³/mol. The highest BCUT2D eigenvalue weighted by atomic mass is 16.1. The fourth-order valence-corrected chi connectivity index (χ4v) is 3.85. The Hall–Kier alpha value is -1.42. The Balaban J connectivity index is 1.35. The van der Waals surface area contributed by atoms with Crippen LogP contribution in [0.4, 0.5) is 0 Å². The quantitative estimate of drug-likeness (QED) is 0.908. The van der Waals surface area contributed by atoms with Gasteiger partial charge in [-0.25, -0.2) is 0 Å². The standard InChI is InChI=1S/C19H29N3O/c23-19(18-4-2-1-3-5-18)21-14-16-8-12-22(13-9-16)15-17-6-10-20-11-7-17/h6-7,10-11,16,18H,1-5,8-9,12-15H2,(H,21,23). The molecule has 1 aromatic rings. The molecule has 0 spiro atoms. The van der Waals surface area contributed by atoms with Gasteiger partial charge in [0.1, 0.15) is 0 Å². The first-order valence-corrected chi connectivity index (χ1v) is 9.20. The van der Waals surface area contributed by atoms with Gasteiger partial charge in [0.25, 0.3) is 0 Å². The molecule has 2 fully saturated rings. The summed E-state index contributed by atoms with van der Waals surface area (Å²) in [5.41, 5.74) is 1.34. The van der Waals surface area contributed by atoms with Crippen LogP contribution in [-0.2, 0) is 11.3 Å². The molecule has 1 aliphatic carbocycles. The molecule has 0 aromatic carbocycles. The van der Waals surface area contributed by atoms with E-state index in [2.05, 4.69) is 27.3 Å². The van der Waals surface area contributed by atoms with Crippen LogP contribution in [0.25, 0.3) is 0 Å². The number of pyridine rings is 1. The lowest BCUT2D eigenvalue weighted by Crippen LogP contribution is -2.40. The summed E-state index contributed by atoms with van der Waals surface area (Å²) < 4.78 is 0. The van der Waals surface area contributed by atoms with Crippen molar-refractivity contribution in [2.75, 3.05) is 19.6 Å². The largest absolute Gasteiger partial charge is 0.356 e. The summed E-state index contributed by atoms with van der Waals surface area (Å²) in [5.74, 6) is 1.25. The lowest BCUT2D eigenvalue weighted by atomic mass is 9.88. The summed E-state index contributed by atoms with van der Waals surface area (Å²) in [7, 11) is 0. The highest BCUT2D eigenvalue weighted by Gasteiger charge is 2.23. The number of nitrogens with one attached hydrogen (secondary N) is 1. The number of amides is 1. The molecule has 1 saturated carbocycles. The first kappa shape index (κ1) is 16.4. The second-order valence-electron chi connectivity index (χ2n) is 7.16. The zero-order chi connectivity index (χ0) is 15.9. The van der Waals surface area contributed by atoms with Crippen molar-refractivity contribution in [3.05, 3.63) is 30.1 Å². The summed E-state index contributed by atoms with van der Waals surface area (Å²) in [6, 6.07) is 4.19. The summed E-state index contributed by atoms with van der Waals surface area (Å²) in [6.45, 7) is 4.15. The maximum atomic E-state index is 12.2. The van der Waals surface area contributed by atoms with E-state index in [4.69, 9.17) is 0 Å². The molecule has 2 aliphatic rings. The predicted octanol–water partition coefficient (Wildman–Crippen LogP) is 2.99. The summed E-state index contributed by atoms with van der Waals surface area (Å²) >= 11 is 0. The van der Waals surface area contributed by atoms with Crippen LogP contribution in [0, 0.1) is 11.8 Å². The highest BCUT2D eigenvalue weighted by Crippen LogP contribution is 2.24. The van der Waals surface area contributed by atoms with Gasteiger partial charge in [0, 0.05) is 31.4 Å². The molecule has 0 bridgehead atoms. The summed E-state index contributed by atoms with van der Waals surface area (Å²) in [6.07, 6.45) is 12.1. The van der Waals surface area contributed by atoms with Crippen LogP contribution < -0.4 is 5.32 Å². The van der Waals surface area contributed by atoms with E-state index >= 15 is 0 Å². The average Bonchev–Trinajstić information content (AvgIpc) is 2.62. The number of aromatic nitrogens is 1. The molecule has 4 nitrogen and oxygen atoms in total. The van der Waals surface area contributed by atoms with Gasteiger partial charge in [-0.15, -0.1) is 0 Å². The SMILES string of the molecule is O=C(NCC1CCN(Cc2ccncc2)CC1)C1CCCCC1. The Morgan fingerprint density at radius 2 is 1.78 bits per heavy atom. The van der Waals surface area contributed by atoms with Crippen LogP contribution in [-0.4, -0.2) is 35.4 Å². The van der Waals surface area contributed by atoms with E-state index < -0.39 is 0 Å². The van der Waals surface area contributed by atoms with Gasteiger partial charge in [-0.05, 0) is 62.4 Å². The van der Waals surface area contributed by atoms with E-state index in [9.17, 15) is 4.79 Å². The lowest BCUT2D eigenvalue weighted by molar-refractivity contribution is -0.126. The van der Waals surface area contributed by atoms with Crippen molar-refractivity contribution in [2.45, 2.75) is 51.5 Å². The van der Waals surface area contributed by atoms with E-state index in [1.54, 1.807) is 0 Å². The van der Waals surface area contributed by atoms with Crippen molar-refractivity contribution in [2.24, 2.45) is 11.8 Å². The Bertz CT molecular complexity index is 477. The van der Waals surface area contributed by atoms with Crippen molar-refractivity contribution in [3.63, 3.8) is 0 Å². The third kappa shape index (κ3) is 5.03. The molecule has 23 heavy (non-hydrogen) atoms. The molecule has 126 valence electrons. The first-order chi connectivity index (χ1) is 11.3. The van der Waals surface area contributed by atoms with E-state index in [1.807, 2.05) is 12.4 Å². The molecule has 1 saturated heterocycles. The first-order valence-electron chi connectivity index (χ1n) is 9.20. The third-order valence-electron chi connectivity index (χ3n) is 5.40. The minimum Gasteiger partial charge on any atom is -0.356 e. The van der Waals surface area contributed by atoms with Crippen molar-refractivity contribution >= 4 is 5.91 Å². The van der Waals surface area contributed by atoms with Gasteiger partial charge in [-0.1, -0.05) is 19.3 Å². The second kappa shape index (κ2) is 8.44. The Kier molecular flexibility index (Phi) is 6.03. The fraction of sp³-hybridized carbons (Fsp3) is 0.684. The number of carbonyl (C=O) groups is 1. The van der Waals surface area contributed by atoms with E-state index in [0.29, 0.717) is 11.8 Å². The van der Waals surface area contributed by atoms with E-state index in [0.717, 1.165) is 39.0 Å². The average molecular weight is 315 g/mol. The van der Waals surface area contributed by atoms with Crippen LogP contribution in [0.5, 0.6) is 0 Å². The topological polar surface area (TPSA) is 45.2 Å². The van der Waals surface area contributed by atoms with Crippen molar-refractivity contribution < 1.29 is 4.79 Å². The molecule has 1 amide bonds. The van der Waals surface area contributed by atoms with Gasteiger partial charge >= 0.3 is 0 Å². The Morgan fingerprint density at radius 3 is 2.48 bits per heavy atom. The molecule has 3 rings (SSSR count). The molecule has 0 radical (unpaired) electrons. The van der Waals surface area contributed by atoms with Crippen molar-refractivity contribution in [3.8, 4) is 0 Å². The minimum absolute atomic E-state index is 0.288. The molecule has 1 aromatic heterocycles. The Morgan fingerprint density at radius 1 is 1.09 bits per heavy atom. The summed E-state index contributed by atoms with van der Waals surface area (Å²) in [4.78, 5) is 18.8. The molecule has 1 N–H and O–H groups in total. The van der Waals surface area contributed by atoms with Crippen molar-refractivity contribution in [1.82, 2.24) is 15.2 Å². The number of rotatable bonds is 5. The number of nitrogens with zero attached hydrogens (tertiary/aromatic N) is 2. The normalized spacial score (nSPS) is 21.2. The number of hydrogen-bond acceptors (Lipinski definition) is 3. The van der Waals surface area contributed by atoms with Crippen molar-refractivity contribution in [1.29, 1.82) is 0 Å². The fourth-order valence-electron chi connectivity index (χ4n) is 3.85. The number of hydrogen-bond donors (Lipinski definition) is 1. The smallest absolute Gasteiger partial charge is 0.223 e. The van der Waals surface area contributed by atoms with Gasteiger partial charge in [0.2, 0.25) is 5.91 Å². The molecular formula is C19H29N3O. The molecule has 0 unspecified atom stereocenters. The van der Waals surface area contributed by atoms with Gasteiger partial charge in [-0.2, -0.15) is 0 Å². The molecule has 1 aliphatic heterocycles. The monoisotopic (exact) mass is 315 g/mol. The summed E-state index contributed by atoms with van der Waals surface area (Å²) in [5, 5.41) is 3.22. The maximum Gasteiger partial charge on any atom is 0.223 e. The van der Waals surface area contributed by atoms with Crippen LogP contribution in [0.1, 0.15) is 50.5 Å². The lowest BCUT2D eigenvalue weighted by Gasteiger charge is -2.32. The number of likely N-dealkylation sites (tertiary alicyclic amines) is 1. The van der Waals surface area contributed by atoms with Crippen LogP contribution >= 0.6 is 0 Å². The molecule has 2 heterocycles. The number of carbonyl (C=O) groups excluding carboxylic acids is 1. The van der Waals surface area contributed by atoms with Gasteiger partial charge in [0.05, 0.1) is 0 Å². The molecule has 0 atom stereocenters. The van der Waals surface area contributed by atoms with Gasteiger partial charge < -0.3 is 5.32 Å². The highest BCUT2D eigenvalue weighted by molar-refractivity contribution is 5.78.